The molecule has 0 unspecified atom stereocenters. The molecule has 124 valence electrons. The van der Waals surface area contributed by atoms with Crippen molar-refractivity contribution in [1.29, 1.82) is 0 Å². The van der Waals surface area contributed by atoms with Crippen molar-refractivity contribution in [3.63, 3.8) is 0 Å². The Kier molecular flexibility index (Phi) is 5.69. The number of carbonyl (C=O) groups excluding carboxylic acids is 2. The fourth-order valence-electron chi connectivity index (χ4n) is 1.67. The van der Waals surface area contributed by atoms with Gasteiger partial charge in [0.15, 0.2) is 0 Å². The normalized spacial score (nSPS) is 10.4. The number of esters is 1. The van der Waals surface area contributed by atoms with E-state index in [1.165, 1.54) is 31.7 Å². The summed E-state index contributed by atoms with van der Waals surface area (Å²) < 4.78 is 10.2. The van der Waals surface area contributed by atoms with E-state index < -0.39 is 12.0 Å². The zero-order valence-corrected chi connectivity index (χ0v) is 13.3. The largest absolute Gasteiger partial charge is 0.465 e. The average molecular weight is 349 g/mol. The van der Waals surface area contributed by atoms with Gasteiger partial charge in [0.25, 0.3) is 0 Å². The van der Waals surface area contributed by atoms with Crippen molar-refractivity contribution in [3.8, 4) is 11.6 Å². The highest BCUT2D eigenvalue weighted by molar-refractivity contribution is 6.32. The molecule has 0 atom stereocenters. The van der Waals surface area contributed by atoms with E-state index >= 15 is 0 Å². The summed E-state index contributed by atoms with van der Waals surface area (Å²) in [7, 11) is 1.29. The molecule has 24 heavy (non-hydrogen) atoms. The van der Waals surface area contributed by atoms with Crippen LogP contribution in [0.3, 0.4) is 0 Å². The van der Waals surface area contributed by atoms with Crippen LogP contribution in [0.4, 0.5) is 4.79 Å². The molecular formula is C15H13ClN4O4. The number of hydrazone groups is 1. The number of nitrogens with one attached hydrogen (secondary N) is 1. The predicted octanol–water partition coefficient (Wildman–Crippen LogP) is 2.32. The maximum Gasteiger partial charge on any atom is 0.338 e. The van der Waals surface area contributed by atoms with Gasteiger partial charge in [-0.2, -0.15) is 5.10 Å². The van der Waals surface area contributed by atoms with Crippen LogP contribution in [0.5, 0.6) is 11.6 Å². The van der Waals surface area contributed by atoms with Crippen molar-refractivity contribution < 1.29 is 19.1 Å². The van der Waals surface area contributed by atoms with Gasteiger partial charge in [0.1, 0.15) is 5.75 Å². The molecule has 8 nitrogen and oxygen atoms in total. The lowest BCUT2D eigenvalue weighted by Crippen LogP contribution is -2.24. The zero-order valence-electron chi connectivity index (χ0n) is 12.5. The number of methoxy groups -OCH3 is 1. The van der Waals surface area contributed by atoms with E-state index in [1.807, 2.05) is 0 Å². The van der Waals surface area contributed by atoms with Gasteiger partial charge in [0.05, 0.1) is 23.9 Å². The number of rotatable bonds is 5. The summed E-state index contributed by atoms with van der Waals surface area (Å²) in [5.74, 6) is 0.0321. The third-order valence-electron chi connectivity index (χ3n) is 2.71. The molecule has 0 aliphatic heterocycles. The molecule has 0 saturated heterocycles. The first kappa shape index (κ1) is 17.2. The van der Waals surface area contributed by atoms with Crippen molar-refractivity contribution in [2.45, 2.75) is 0 Å². The van der Waals surface area contributed by atoms with Gasteiger partial charge in [0.2, 0.25) is 5.88 Å². The molecule has 2 amide bonds. The fourth-order valence-corrected chi connectivity index (χ4v) is 1.90. The van der Waals surface area contributed by atoms with Crippen LogP contribution in [0.1, 0.15) is 15.9 Å². The lowest BCUT2D eigenvalue weighted by Gasteiger charge is -2.08. The topological polar surface area (TPSA) is 116 Å². The van der Waals surface area contributed by atoms with Crippen molar-refractivity contribution >= 4 is 29.8 Å². The zero-order chi connectivity index (χ0) is 17.5. The van der Waals surface area contributed by atoms with Crippen molar-refractivity contribution in [3.05, 3.63) is 52.7 Å². The predicted molar refractivity (Wildman–Crippen MR) is 87.4 cm³/mol. The first-order valence-corrected chi connectivity index (χ1v) is 6.97. The van der Waals surface area contributed by atoms with Crippen LogP contribution in [-0.2, 0) is 4.74 Å². The number of aromatic nitrogens is 1. The third-order valence-corrected chi connectivity index (χ3v) is 3.01. The van der Waals surface area contributed by atoms with E-state index in [4.69, 9.17) is 22.1 Å². The molecule has 0 aliphatic rings. The number of carbonyl (C=O) groups is 2. The van der Waals surface area contributed by atoms with Crippen molar-refractivity contribution in [2.75, 3.05) is 7.11 Å². The number of halogens is 1. The van der Waals surface area contributed by atoms with Gasteiger partial charge in [-0.05, 0) is 29.8 Å². The molecule has 1 aromatic heterocycles. The standard InChI is InChI=1S/C15H13ClN4O4/c1-23-14(21)10-4-5-18-13(7-10)24-12-3-2-9(6-11(12)16)8-19-20-15(17)22/h2-8H,1H3,(H3,17,20,22). The Bertz CT molecular complexity index is 795. The number of pyridine rings is 1. The fraction of sp³-hybridized carbons (Fsp3) is 0.0667. The maximum absolute atomic E-state index is 11.5. The Balaban J connectivity index is 2.14. The van der Waals surface area contributed by atoms with Gasteiger partial charge in [-0.3, -0.25) is 0 Å². The highest BCUT2D eigenvalue weighted by Crippen LogP contribution is 2.29. The van der Waals surface area contributed by atoms with Gasteiger partial charge < -0.3 is 15.2 Å². The van der Waals surface area contributed by atoms with Crippen molar-refractivity contribution in [2.24, 2.45) is 10.8 Å². The van der Waals surface area contributed by atoms with Crippen LogP contribution in [0.2, 0.25) is 5.02 Å². The van der Waals surface area contributed by atoms with Crippen LogP contribution in [-0.4, -0.2) is 30.3 Å². The third kappa shape index (κ3) is 4.68. The first-order valence-electron chi connectivity index (χ1n) is 6.60. The number of primary amides is 1. The minimum Gasteiger partial charge on any atom is -0.465 e. The maximum atomic E-state index is 11.5. The number of hydrogen-bond acceptors (Lipinski definition) is 6. The quantitative estimate of drug-likeness (QED) is 0.488. The summed E-state index contributed by atoms with van der Waals surface area (Å²) in [4.78, 5) is 26.0. The number of amides is 2. The second kappa shape index (κ2) is 7.93. The van der Waals surface area contributed by atoms with Crippen LogP contribution in [0.25, 0.3) is 0 Å². The van der Waals surface area contributed by atoms with Crippen LogP contribution < -0.4 is 15.9 Å². The molecule has 0 aliphatic carbocycles. The first-order chi connectivity index (χ1) is 11.5. The second-order valence-electron chi connectivity index (χ2n) is 4.40. The Morgan fingerprint density at radius 1 is 1.33 bits per heavy atom. The number of urea groups is 1. The Morgan fingerprint density at radius 2 is 2.12 bits per heavy atom. The van der Waals surface area contributed by atoms with Gasteiger partial charge in [-0.25, -0.2) is 20.0 Å². The monoisotopic (exact) mass is 348 g/mol. The molecule has 0 radical (unpaired) electrons. The average Bonchev–Trinajstić information content (AvgIpc) is 2.56. The number of nitrogens with zero attached hydrogens (tertiary/aromatic N) is 2. The lowest BCUT2D eigenvalue weighted by molar-refractivity contribution is 0.0600. The molecule has 0 saturated carbocycles. The highest BCUT2D eigenvalue weighted by Gasteiger charge is 2.09. The highest BCUT2D eigenvalue weighted by atomic mass is 35.5. The number of nitrogens with two attached hydrogens (primary N) is 1. The summed E-state index contributed by atoms with van der Waals surface area (Å²) in [5.41, 5.74) is 7.89. The molecule has 3 N–H and O–H groups in total. The SMILES string of the molecule is COC(=O)c1ccnc(Oc2ccc(C=NNC(N)=O)cc2Cl)c1. The molecule has 2 rings (SSSR count). The Labute approximate surface area is 142 Å². The summed E-state index contributed by atoms with van der Waals surface area (Å²) in [6.45, 7) is 0. The van der Waals surface area contributed by atoms with Crippen molar-refractivity contribution in [1.82, 2.24) is 10.4 Å². The summed E-state index contributed by atoms with van der Waals surface area (Å²) in [6.07, 6.45) is 2.79. The number of benzene rings is 1. The minimum atomic E-state index is -0.770. The van der Waals surface area contributed by atoms with Gasteiger partial charge >= 0.3 is 12.0 Å². The van der Waals surface area contributed by atoms with Gasteiger partial charge in [-0.1, -0.05) is 11.6 Å². The molecule has 0 spiro atoms. The van der Waals surface area contributed by atoms with E-state index in [-0.39, 0.29) is 5.88 Å². The van der Waals surface area contributed by atoms with E-state index in [9.17, 15) is 9.59 Å². The number of ether oxygens (including phenoxy) is 2. The lowest BCUT2D eigenvalue weighted by atomic mass is 10.2. The van der Waals surface area contributed by atoms with Crippen LogP contribution in [0.15, 0.2) is 41.6 Å². The van der Waals surface area contributed by atoms with E-state index in [2.05, 4.69) is 20.2 Å². The summed E-state index contributed by atoms with van der Waals surface area (Å²) >= 11 is 6.13. The molecule has 1 heterocycles. The Hall–Kier alpha value is -3.13. The van der Waals surface area contributed by atoms with Crippen LogP contribution >= 0.6 is 11.6 Å². The van der Waals surface area contributed by atoms with E-state index in [0.717, 1.165) is 0 Å². The van der Waals surface area contributed by atoms with Gasteiger partial charge in [0, 0.05) is 12.3 Å². The smallest absolute Gasteiger partial charge is 0.338 e. The summed E-state index contributed by atoms with van der Waals surface area (Å²) in [6, 6.07) is 7.01. The summed E-state index contributed by atoms with van der Waals surface area (Å²) in [5, 5.41) is 3.92. The number of hydrogen-bond donors (Lipinski definition) is 2. The van der Waals surface area contributed by atoms with E-state index in [1.54, 1.807) is 18.2 Å². The van der Waals surface area contributed by atoms with E-state index in [0.29, 0.717) is 21.9 Å². The minimum absolute atomic E-state index is 0.191. The molecule has 9 heteroatoms. The molecule has 1 aromatic carbocycles. The molecule has 2 aromatic rings. The molecule has 0 fully saturated rings. The molecule has 0 bridgehead atoms. The Morgan fingerprint density at radius 3 is 2.79 bits per heavy atom. The second-order valence-corrected chi connectivity index (χ2v) is 4.81. The molecular weight excluding hydrogens is 336 g/mol. The van der Waals surface area contributed by atoms with Gasteiger partial charge in [-0.15, -0.1) is 0 Å². The van der Waals surface area contributed by atoms with Crippen LogP contribution in [0, 0.1) is 0 Å².